The highest BCUT2D eigenvalue weighted by atomic mass is 32.2. The summed E-state index contributed by atoms with van der Waals surface area (Å²) < 4.78 is 0. The van der Waals surface area contributed by atoms with Crippen LogP contribution in [0, 0.1) is 0 Å². The smallest absolute Gasteiger partial charge is 0.159 e. The van der Waals surface area contributed by atoms with Gasteiger partial charge in [-0.3, -0.25) is 4.99 Å². The van der Waals surface area contributed by atoms with Crippen molar-refractivity contribution in [1.29, 1.82) is 0 Å². The third kappa shape index (κ3) is 4.79. The maximum absolute atomic E-state index is 5.60. The SMILES string of the molecule is CN=C(C=CN)c1nnc(N2CCC(NCc3ccccc3SC)CC2)c2ccccc12. The molecule has 6 nitrogen and oxygen atoms in total. The normalized spacial score (nSPS) is 15.7. The molecule has 0 bridgehead atoms. The van der Waals surface area contributed by atoms with E-state index in [0.29, 0.717) is 6.04 Å². The number of hydrogen-bond acceptors (Lipinski definition) is 7. The van der Waals surface area contributed by atoms with Gasteiger partial charge in [0.05, 0.1) is 5.71 Å². The molecule has 0 amide bonds. The van der Waals surface area contributed by atoms with Crippen molar-refractivity contribution < 1.29 is 0 Å². The predicted octanol–water partition coefficient (Wildman–Crippen LogP) is 4.00. The lowest BCUT2D eigenvalue weighted by molar-refractivity contribution is 0.411. The van der Waals surface area contributed by atoms with Gasteiger partial charge in [-0.05, 0) is 43.0 Å². The van der Waals surface area contributed by atoms with Gasteiger partial charge in [-0.25, -0.2) is 0 Å². The molecule has 0 aliphatic carbocycles. The highest BCUT2D eigenvalue weighted by Gasteiger charge is 2.23. The van der Waals surface area contributed by atoms with Crippen LogP contribution in [0.2, 0.25) is 0 Å². The first-order valence-corrected chi connectivity index (χ1v) is 12.2. The zero-order chi connectivity index (χ0) is 22.3. The molecular weight excluding hydrogens is 416 g/mol. The Kier molecular flexibility index (Phi) is 7.39. The fourth-order valence-electron chi connectivity index (χ4n) is 4.26. The van der Waals surface area contributed by atoms with E-state index in [2.05, 4.69) is 74.1 Å². The van der Waals surface area contributed by atoms with Crippen LogP contribution in [0.25, 0.3) is 10.8 Å². The molecule has 1 aliphatic heterocycles. The van der Waals surface area contributed by atoms with Crippen molar-refractivity contribution in [3.8, 4) is 0 Å². The first kappa shape index (κ1) is 22.3. The quantitative estimate of drug-likeness (QED) is 0.422. The van der Waals surface area contributed by atoms with E-state index in [1.165, 1.54) is 16.7 Å². The van der Waals surface area contributed by atoms with Gasteiger partial charge in [0.1, 0.15) is 5.69 Å². The summed E-state index contributed by atoms with van der Waals surface area (Å²) in [5, 5.41) is 15.1. The molecule has 2 heterocycles. The van der Waals surface area contributed by atoms with Crippen LogP contribution in [0.4, 0.5) is 5.82 Å². The second kappa shape index (κ2) is 10.6. The second-order valence-electron chi connectivity index (χ2n) is 7.84. The summed E-state index contributed by atoms with van der Waals surface area (Å²) in [6.45, 7) is 2.82. The third-order valence-electron chi connectivity index (χ3n) is 5.97. The topological polar surface area (TPSA) is 79.4 Å². The van der Waals surface area contributed by atoms with E-state index in [0.717, 1.165) is 60.5 Å². The molecule has 0 saturated carbocycles. The number of aliphatic imine (C=N–C) groups is 1. The van der Waals surface area contributed by atoms with Gasteiger partial charge in [0, 0.05) is 48.4 Å². The number of piperidine rings is 1. The Morgan fingerprint density at radius 2 is 1.84 bits per heavy atom. The molecular formula is C25H30N6S. The molecule has 4 rings (SSSR count). The molecule has 1 saturated heterocycles. The second-order valence-corrected chi connectivity index (χ2v) is 8.69. The van der Waals surface area contributed by atoms with Gasteiger partial charge < -0.3 is 16.0 Å². The Bertz CT molecular complexity index is 1120. The molecule has 3 aromatic rings. The lowest BCUT2D eigenvalue weighted by Gasteiger charge is -2.33. The van der Waals surface area contributed by atoms with Crippen LogP contribution >= 0.6 is 11.8 Å². The first-order valence-electron chi connectivity index (χ1n) is 11.0. The number of nitrogens with zero attached hydrogens (tertiary/aromatic N) is 4. The summed E-state index contributed by atoms with van der Waals surface area (Å²) in [6, 6.07) is 17.4. The lowest BCUT2D eigenvalue weighted by Crippen LogP contribution is -2.42. The average molecular weight is 447 g/mol. The van der Waals surface area contributed by atoms with Crippen LogP contribution in [0.15, 0.2) is 70.7 Å². The molecule has 0 unspecified atom stereocenters. The van der Waals surface area contributed by atoms with Gasteiger partial charge in [-0.15, -0.1) is 22.0 Å². The zero-order valence-corrected chi connectivity index (χ0v) is 19.5. The van der Waals surface area contributed by atoms with Gasteiger partial charge in [0.25, 0.3) is 0 Å². The molecule has 1 aliphatic rings. The molecule has 0 atom stereocenters. The van der Waals surface area contributed by atoms with Gasteiger partial charge in [0.2, 0.25) is 0 Å². The minimum atomic E-state index is 0.508. The van der Waals surface area contributed by atoms with E-state index in [4.69, 9.17) is 5.73 Å². The minimum Gasteiger partial charge on any atom is -0.405 e. The van der Waals surface area contributed by atoms with Gasteiger partial charge in [-0.1, -0.05) is 42.5 Å². The monoisotopic (exact) mass is 446 g/mol. The average Bonchev–Trinajstić information content (AvgIpc) is 2.86. The fourth-order valence-corrected chi connectivity index (χ4v) is 4.88. The standard InChI is InChI=1S/C25H30N6S/c1-27-22(11-14-26)24-20-8-4-5-9-21(20)25(30-29-24)31-15-12-19(13-16-31)28-17-18-7-3-6-10-23(18)32-2/h3-11,14,19,28H,12-13,15-17,26H2,1-2H3. The van der Waals surface area contributed by atoms with Crippen LogP contribution in [-0.4, -0.2) is 48.3 Å². The maximum Gasteiger partial charge on any atom is 0.159 e. The first-order chi connectivity index (χ1) is 15.7. The summed E-state index contributed by atoms with van der Waals surface area (Å²) in [5.41, 5.74) is 8.46. The number of allylic oxidation sites excluding steroid dienone is 1. The van der Waals surface area contributed by atoms with E-state index in [1.807, 2.05) is 6.07 Å². The Labute approximate surface area is 194 Å². The Balaban J connectivity index is 1.47. The Hall–Kier alpha value is -2.90. The number of rotatable bonds is 7. The van der Waals surface area contributed by atoms with E-state index in [9.17, 15) is 0 Å². The summed E-state index contributed by atoms with van der Waals surface area (Å²) in [4.78, 5) is 8.03. The molecule has 2 aromatic carbocycles. The number of fused-ring (bicyclic) bond motifs is 1. The third-order valence-corrected chi connectivity index (χ3v) is 6.81. The van der Waals surface area contributed by atoms with Crippen LogP contribution in [0.3, 0.4) is 0 Å². The summed E-state index contributed by atoms with van der Waals surface area (Å²) in [5.74, 6) is 0.947. The number of hydrogen-bond donors (Lipinski definition) is 2. The van der Waals surface area contributed by atoms with Crippen molar-refractivity contribution in [3.63, 3.8) is 0 Å². The number of aromatic nitrogens is 2. The number of thioether (sulfide) groups is 1. The lowest BCUT2D eigenvalue weighted by atomic mass is 10.0. The number of nitrogens with one attached hydrogen (secondary N) is 1. The van der Waals surface area contributed by atoms with Gasteiger partial charge in [0.15, 0.2) is 5.82 Å². The van der Waals surface area contributed by atoms with E-state index in [1.54, 1.807) is 24.9 Å². The Morgan fingerprint density at radius 3 is 2.56 bits per heavy atom. The van der Waals surface area contributed by atoms with Crippen LogP contribution in [-0.2, 0) is 6.54 Å². The van der Waals surface area contributed by atoms with Crippen molar-refractivity contribution >= 4 is 34.1 Å². The van der Waals surface area contributed by atoms with Crippen molar-refractivity contribution in [3.05, 3.63) is 72.1 Å². The van der Waals surface area contributed by atoms with Crippen molar-refractivity contribution in [1.82, 2.24) is 15.5 Å². The molecule has 7 heteroatoms. The highest BCUT2D eigenvalue weighted by Crippen LogP contribution is 2.29. The molecule has 32 heavy (non-hydrogen) atoms. The number of anilines is 1. The minimum absolute atomic E-state index is 0.508. The van der Waals surface area contributed by atoms with Crippen LogP contribution in [0.1, 0.15) is 24.1 Å². The molecule has 0 spiro atoms. The fraction of sp³-hybridized carbons (Fsp3) is 0.320. The molecule has 1 fully saturated rings. The van der Waals surface area contributed by atoms with E-state index < -0.39 is 0 Å². The number of benzene rings is 2. The summed E-state index contributed by atoms with van der Waals surface area (Å²) in [6.07, 6.45) is 7.55. The van der Waals surface area contributed by atoms with Crippen LogP contribution in [0.5, 0.6) is 0 Å². The highest BCUT2D eigenvalue weighted by molar-refractivity contribution is 7.98. The number of nitrogens with two attached hydrogens (primary N) is 1. The summed E-state index contributed by atoms with van der Waals surface area (Å²) >= 11 is 1.81. The summed E-state index contributed by atoms with van der Waals surface area (Å²) in [7, 11) is 1.75. The largest absolute Gasteiger partial charge is 0.405 e. The van der Waals surface area contributed by atoms with Gasteiger partial charge in [-0.2, -0.15) is 0 Å². The predicted molar refractivity (Wildman–Crippen MR) is 136 cm³/mol. The molecule has 0 radical (unpaired) electrons. The zero-order valence-electron chi connectivity index (χ0n) is 18.7. The van der Waals surface area contributed by atoms with Crippen LogP contribution < -0.4 is 16.0 Å². The van der Waals surface area contributed by atoms with Crippen molar-refractivity contribution in [2.24, 2.45) is 10.7 Å². The molecule has 3 N–H and O–H groups in total. The molecule has 1 aromatic heterocycles. The maximum atomic E-state index is 5.60. The van der Waals surface area contributed by atoms with E-state index in [-0.39, 0.29) is 0 Å². The Morgan fingerprint density at radius 1 is 1.12 bits per heavy atom. The van der Waals surface area contributed by atoms with E-state index >= 15 is 0 Å². The van der Waals surface area contributed by atoms with Crippen molar-refractivity contribution in [2.75, 3.05) is 31.3 Å². The molecule has 166 valence electrons. The van der Waals surface area contributed by atoms with Gasteiger partial charge >= 0.3 is 0 Å². The van der Waals surface area contributed by atoms with Crippen molar-refractivity contribution in [2.45, 2.75) is 30.3 Å².